The summed E-state index contributed by atoms with van der Waals surface area (Å²) in [7, 11) is 0. The Bertz CT molecular complexity index is 574. The molecule has 25 heavy (non-hydrogen) atoms. The van der Waals surface area contributed by atoms with Gasteiger partial charge in [0, 0.05) is 55.9 Å². The lowest BCUT2D eigenvalue weighted by atomic mass is 10.1. The Labute approximate surface area is 157 Å². The van der Waals surface area contributed by atoms with Crippen LogP contribution < -0.4 is 10.2 Å². The number of hydrogen-bond acceptors (Lipinski definition) is 3. The van der Waals surface area contributed by atoms with E-state index in [1.165, 1.54) is 0 Å². The lowest BCUT2D eigenvalue weighted by Gasteiger charge is -2.28. The van der Waals surface area contributed by atoms with E-state index in [1.54, 1.807) is 0 Å². The molecule has 0 radical (unpaired) electrons. The highest BCUT2D eigenvalue weighted by molar-refractivity contribution is 6.31. The van der Waals surface area contributed by atoms with Crippen molar-refractivity contribution in [2.24, 2.45) is 5.92 Å². The van der Waals surface area contributed by atoms with Crippen LogP contribution in [0.5, 0.6) is 0 Å². The molecule has 4 nitrogen and oxygen atoms in total. The molecule has 5 heteroatoms. The number of anilines is 1. The topological polar surface area (TPSA) is 35.6 Å². The molecule has 0 fully saturated rings. The summed E-state index contributed by atoms with van der Waals surface area (Å²) in [6, 6.07) is 6.40. The number of rotatable bonds is 3. The van der Waals surface area contributed by atoms with Gasteiger partial charge in [-0.2, -0.15) is 0 Å². The third-order valence-electron chi connectivity index (χ3n) is 4.67. The Hall–Kier alpha value is -1.10. The molecule has 0 aliphatic carbocycles. The molecule has 1 N–H and O–H groups in total. The fourth-order valence-electron chi connectivity index (χ4n) is 3.28. The first-order valence-electron chi connectivity index (χ1n) is 9.42. The quantitative estimate of drug-likeness (QED) is 0.881. The van der Waals surface area contributed by atoms with Gasteiger partial charge in [0.25, 0.3) is 0 Å². The molecule has 1 aromatic carbocycles. The average molecular weight is 366 g/mol. The maximum absolute atomic E-state index is 12.9. The highest BCUT2D eigenvalue weighted by atomic mass is 35.5. The van der Waals surface area contributed by atoms with Crippen LogP contribution in [0.2, 0.25) is 5.02 Å². The highest BCUT2D eigenvalue weighted by Crippen LogP contribution is 2.27. The second-order valence-electron chi connectivity index (χ2n) is 7.58. The normalized spacial score (nSPS) is 17.5. The van der Waals surface area contributed by atoms with Gasteiger partial charge in [-0.05, 0) is 43.9 Å². The second kappa shape index (κ2) is 9.56. The smallest absolute Gasteiger partial charge is 0.227 e. The largest absolute Gasteiger partial charge is 0.312 e. The maximum atomic E-state index is 12.9. The molecule has 1 aliphatic heterocycles. The van der Waals surface area contributed by atoms with E-state index in [0.717, 1.165) is 50.4 Å². The molecule has 0 atom stereocenters. The van der Waals surface area contributed by atoms with Crippen molar-refractivity contribution in [3.8, 4) is 0 Å². The Balaban J connectivity index is 2.29. The lowest BCUT2D eigenvalue weighted by Crippen LogP contribution is -2.39. The summed E-state index contributed by atoms with van der Waals surface area (Å²) in [5.41, 5.74) is 2.10. The van der Waals surface area contributed by atoms with Crippen LogP contribution in [0.4, 0.5) is 5.69 Å². The van der Waals surface area contributed by atoms with Gasteiger partial charge < -0.3 is 10.2 Å². The van der Waals surface area contributed by atoms with E-state index < -0.39 is 0 Å². The average Bonchev–Trinajstić information content (AvgIpc) is 2.56. The summed E-state index contributed by atoms with van der Waals surface area (Å²) >= 11 is 6.25. The first-order chi connectivity index (χ1) is 11.9. The molecule has 1 heterocycles. The number of carbonyl (C=O) groups is 1. The van der Waals surface area contributed by atoms with Gasteiger partial charge in [0.2, 0.25) is 5.91 Å². The van der Waals surface area contributed by atoms with Gasteiger partial charge in [0.15, 0.2) is 0 Å². The highest BCUT2D eigenvalue weighted by Gasteiger charge is 2.21. The first kappa shape index (κ1) is 20.2. The Morgan fingerprint density at radius 2 is 1.96 bits per heavy atom. The van der Waals surface area contributed by atoms with Crippen LogP contribution in [-0.4, -0.2) is 43.0 Å². The summed E-state index contributed by atoms with van der Waals surface area (Å²) < 4.78 is 0. The van der Waals surface area contributed by atoms with Crippen LogP contribution in [0, 0.1) is 5.92 Å². The maximum Gasteiger partial charge on any atom is 0.227 e. The summed E-state index contributed by atoms with van der Waals surface area (Å²) in [6.07, 6.45) is 1.53. The number of amides is 1. The second-order valence-corrected chi connectivity index (χ2v) is 8.01. The minimum absolute atomic E-state index is 0.189. The summed E-state index contributed by atoms with van der Waals surface area (Å²) in [5.74, 6) is 0.535. The van der Waals surface area contributed by atoms with Gasteiger partial charge in [-0.3, -0.25) is 9.69 Å². The third kappa shape index (κ3) is 5.98. The van der Waals surface area contributed by atoms with Crippen molar-refractivity contribution >= 4 is 23.2 Å². The molecule has 0 saturated heterocycles. The number of carbonyl (C=O) groups excluding carboxylic acids is 1. The van der Waals surface area contributed by atoms with E-state index in [9.17, 15) is 4.79 Å². The van der Waals surface area contributed by atoms with Crippen LogP contribution in [0.15, 0.2) is 18.2 Å². The standard InChI is InChI=1S/C20H32ClN3O/c1-15(2)12-20(25)24-10-5-9-23(16(3)4)11-8-22-14-17-6-7-18(21)13-19(17)24/h6-7,13,15-16,22H,5,8-12,14H2,1-4H3. The zero-order valence-electron chi connectivity index (χ0n) is 16.0. The van der Waals surface area contributed by atoms with E-state index in [1.807, 2.05) is 23.1 Å². The van der Waals surface area contributed by atoms with Crippen molar-refractivity contribution in [1.29, 1.82) is 0 Å². The Morgan fingerprint density at radius 3 is 2.64 bits per heavy atom. The first-order valence-corrected chi connectivity index (χ1v) is 9.80. The van der Waals surface area contributed by atoms with Crippen molar-refractivity contribution in [2.45, 2.75) is 53.1 Å². The SMILES string of the molecule is CC(C)CC(=O)N1CCCN(C(C)C)CCNCc2ccc(Cl)cc21. The van der Waals surface area contributed by atoms with Crippen LogP contribution in [0.1, 0.15) is 46.1 Å². The van der Waals surface area contributed by atoms with Crippen molar-refractivity contribution < 1.29 is 4.79 Å². The molecular formula is C20H32ClN3O. The van der Waals surface area contributed by atoms with Gasteiger partial charge in [0.05, 0.1) is 0 Å². The molecule has 1 amide bonds. The van der Waals surface area contributed by atoms with E-state index >= 15 is 0 Å². The Kier molecular flexibility index (Phi) is 7.73. The number of benzene rings is 1. The van der Waals surface area contributed by atoms with Gasteiger partial charge in [-0.25, -0.2) is 0 Å². The van der Waals surface area contributed by atoms with Gasteiger partial charge in [-0.1, -0.05) is 31.5 Å². The van der Waals surface area contributed by atoms with Gasteiger partial charge in [-0.15, -0.1) is 0 Å². The predicted molar refractivity (Wildman–Crippen MR) is 106 cm³/mol. The fraction of sp³-hybridized carbons (Fsp3) is 0.650. The van der Waals surface area contributed by atoms with E-state index in [2.05, 4.69) is 37.9 Å². The zero-order chi connectivity index (χ0) is 18.4. The number of fused-ring (bicyclic) bond motifs is 1. The molecule has 2 rings (SSSR count). The molecule has 0 aromatic heterocycles. The van der Waals surface area contributed by atoms with Crippen LogP contribution in [0.3, 0.4) is 0 Å². The third-order valence-corrected chi connectivity index (χ3v) is 4.91. The predicted octanol–water partition coefficient (Wildman–Crippen LogP) is 3.92. The zero-order valence-corrected chi connectivity index (χ0v) is 16.8. The molecule has 0 saturated carbocycles. The van der Waals surface area contributed by atoms with Gasteiger partial charge in [0.1, 0.15) is 0 Å². The van der Waals surface area contributed by atoms with Crippen molar-refractivity contribution in [3.05, 3.63) is 28.8 Å². The molecule has 1 aromatic rings. The lowest BCUT2D eigenvalue weighted by molar-refractivity contribution is -0.119. The molecule has 1 aliphatic rings. The van der Waals surface area contributed by atoms with Gasteiger partial charge >= 0.3 is 0 Å². The molecule has 0 unspecified atom stereocenters. The van der Waals surface area contributed by atoms with Crippen molar-refractivity contribution in [1.82, 2.24) is 10.2 Å². The summed E-state index contributed by atoms with van der Waals surface area (Å²) in [4.78, 5) is 17.3. The van der Waals surface area contributed by atoms with E-state index in [0.29, 0.717) is 23.4 Å². The van der Waals surface area contributed by atoms with Crippen molar-refractivity contribution in [3.63, 3.8) is 0 Å². The Morgan fingerprint density at radius 1 is 1.20 bits per heavy atom. The van der Waals surface area contributed by atoms with Crippen LogP contribution in [-0.2, 0) is 11.3 Å². The van der Waals surface area contributed by atoms with Crippen LogP contribution in [0.25, 0.3) is 0 Å². The van der Waals surface area contributed by atoms with E-state index in [-0.39, 0.29) is 5.91 Å². The van der Waals surface area contributed by atoms with Crippen molar-refractivity contribution in [2.75, 3.05) is 31.1 Å². The number of hydrogen-bond donors (Lipinski definition) is 1. The molecule has 0 bridgehead atoms. The minimum Gasteiger partial charge on any atom is -0.312 e. The molecule has 0 spiro atoms. The monoisotopic (exact) mass is 365 g/mol. The minimum atomic E-state index is 0.189. The summed E-state index contributed by atoms with van der Waals surface area (Å²) in [6.45, 7) is 13.1. The fourth-order valence-corrected chi connectivity index (χ4v) is 3.45. The van der Waals surface area contributed by atoms with E-state index in [4.69, 9.17) is 11.6 Å². The molecular weight excluding hydrogens is 334 g/mol. The van der Waals surface area contributed by atoms with Crippen LogP contribution >= 0.6 is 11.6 Å². The summed E-state index contributed by atoms with van der Waals surface area (Å²) in [5, 5.41) is 4.20. The number of nitrogens with one attached hydrogen (secondary N) is 1. The molecule has 140 valence electrons. The number of nitrogens with zero attached hydrogens (tertiary/aromatic N) is 2. The number of halogens is 1.